The molecule has 2 fully saturated rings. The fourth-order valence-corrected chi connectivity index (χ4v) is 6.86. The number of imide groups is 1. The van der Waals surface area contributed by atoms with Crippen LogP contribution in [0.15, 0.2) is 53.1 Å². The Morgan fingerprint density at radius 3 is 2.57 bits per heavy atom. The molecular weight excluding hydrogens is 539 g/mol. The maximum atomic E-state index is 13.8. The first-order valence-electron chi connectivity index (χ1n) is 14.1. The van der Waals surface area contributed by atoms with E-state index in [0.717, 1.165) is 38.3 Å². The standard InChI is InChI=1S/C31H35BN2O8/c1-17(10-20-11-18(2)29(35)19(3)12-20)8-9-26-27-21(16-41-4)13-24-28(25(27)15-32(38)42-26)31(37)33(30(24)36)22-6-5-7-23(14-22)34(39)40/h5-7,10-12,14,24-26,28,35,38H,8-9,13,15-16H2,1-4H3/b17-10+/t24-,25+,26-,28-/m1/s1. The van der Waals surface area contributed by atoms with Gasteiger partial charge in [-0.1, -0.05) is 17.7 Å². The zero-order valence-electron chi connectivity index (χ0n) is 24.2. The molecular formula is C31H35BN2O8. The molecule has 0 radical (unpaired) electrons. The van der Waals surface area contributed by atoms with Crippen molar-refractivity contribution in [1.29, 1.82) is 0 Å². The number of aromatic hydroxyl groups is 1. The van der Waals surface area contributed by atoms with Crippen LogP contribution in [0.25, 0.3) is 6.08 Å². The smallest absolute Gasteiger partial charge is 0.455 e. The second-order valence-electron chi connectivity index (χ2n) is 11.6. The number of allylic oxidation sites excluding steroid dienone is 1. The first-order valence-corrected chi connectivity index (χ1v) is 14.1. The fraction of sp³-hybridized carbons (Fsp3) is 0.419. The maximum Gasteiger partial charge on any atom is 0.455 e. The molecule has 5 rings (SSSR count). The van der Waals surface area contributed by atoms with Gasteiger partial charge in [-0.05, 0) is 98.3 Å². The number of carbonyl (C=O) groups is 2. The Labute approximate surface area is 244 Å². The monoisotopic (exact) mass is 574 g/mol. The molecule has 42 heavy (non-hydrogen) atoms. The molecule has 1 aliphatic carbocycles. The summed E-state index contributed by atoms with van der Waals surface area (Å²) in [6.07, 6.45) is 3.30. The number of carbonyl (C=O) groups excluding carboxylic acids is 2. The number of fused-ring (bicyclic) bond motifs is 3. The Morgan fingerprint density at radius 2 is 1.90 bits per heavy atom. The average Bonchev–Trinajstić information content (AvgIpc) is 3.19. The van der Waals surface area contributed by atoms with Crippen molar-refractivity contribution >= 4 is 36.4 Å². The number of aryl methyl sites for hydroxylation is 2. The van der Waals surface area contributed by atoms with Gasteiger partial charge < -0.3 is 19.5 Å². The summed E-state index contributed by atoms with van der Waals surface area (Å²) in [5.74, 6) is -2.29. The molecule has 220 valence electrons. The van der Waals surface area contributed by atoms with E-state index in [2.05, 4.69) is 6.08 Å². The lowest BCUT2D eigenvalue weighted by molar-refractivity contribution is -0.384. The molecule has 2 saturated heterocycles. The molecule has 2 aromatic carbocycles. The highest BCUT2D eigenvalue weighted by Crippen LogP contribution is 2.51. The number of nitro benzene ring substituents is 1. The Hall–Kier alpha value is -3.80. The Morgan fingerprint density at radius 1 is 1.19 bits per heavy atom. The largest absolute Gasteiger partial charge is 0.507 e. The van der Waals surface area contributed by atoms with Crippen LogP contribution in [-0.4, -0.2) is 53.8 Å². The van der Waals surface area contributed by atoms with Crippen molar-refractivity contribution in [3.63, 3.8) is 0 Å². The topological polar surface area (TPSA) is 139 Å². The summed E-state index contributed by atoms with van der Waals surface area (Å²) in [5.41, 5.74) is 5.46. The van der Waals surface area contributed by atoms with E-state index in [0.29, 0.717) is 19.3 Å². The van der Waals surface area contributed by atoms with Crippen molar-refractivity contribution in [3.05, 3.63) is 79.9 Å². The number of hydrogen-bond donors (Lipinski definition) is 2. The summed E-state index contributed by atoms with van der Waals surface area (Å²) >= 11 is 0. The van der Waals surface area contributed by atoms with Gasteiger partial charge in [0.15, 0.2) is 0 Å². The quantitative estimate of drug-likeness (QED) is 0.151. The number of non-ortho nitro benzene ring substituents is 1. The van der Waals surface area contributed by atoms with Gasteiger partial charge in [-0.3, -0.25) is 19.7 Å². The van der Waals surface area contributed by atoms with Crippen LogP contribution in [0.2, 0.25) is 6.32 Å². The highest BCUT2D eigenvalue weighted by Gasteiger charge is 2.57. The number of benzene rings is 2. The number of phenols is 1. The molecule has 2 amide bonds. The summed E-state index contributed by atoms with van der Waals surface area (Å²) in [4.78, 5) is 39.3. The van der Waals surface area contributed by atoms with E-state index < -0.39 is 47.7 Å². The van der Waals surface area contributed by atoms with E-state index in [-0.39, 0.29) is 30.1 Å². The average molecular weight is 574 g/mol. The number of amides is 2. The molecule has 2 N–H and O–H groups in total. The van der Waals surface area contributed by atoms with E-state index in [1.807, 2.05) is 32.9 Å². The van der Waals surface area contributed by atoms with Gasteiger partial charge in [-0.25, -0.2) is 4.90 Å². The molecule has 3 aliphatic rings. The Balaban J connectivity index is 1.43. The first-order chi connectivity index (χ1) is 20.0. The molecule has 11 heteroatoms. The van der Waals surface area contributed by atoms with Crippen LogP contribution in [-0.2, 0) is 19.0 Å². The van der Waals surface area contributed by atoms with Gasteiger partial charge in [-0.15, -0.1) is 0 Å². The number of anilines is 1. The van der Waals surface area contributed by atoms with Crippen LogP contribution in [0.1, 0.15) is 42.9 Å². The fourth-order valence-electron chi connectivity index (χ4n) is 6.86. The predicted molar refractivity (Wildman–Crippen MR) is 158 cm³/mol. The van der Waals surface area contributed by atoms with E-state index in [1.165, 1.54) is 24.3 Å². The summed E-state index contributed by atoms with van der Waals surface area (Å²) in [7, 11) is 0.473. The van der Waals surface area contributed by atoms with E-state index >= 15 is 0 Å². The lowest BCUT2D eigenvalue weighted by Gasteiger charge is -2.43. The van der Waals surface area contributed by atoms with Crippen molar-refractivity contribution in [1.82, 2.24) is 0 Å². The zero-order valence-corrected chi connectivity index (χ0v) is 24.2. The van der Waals surface area contributed by atoms with Gasteiger partial charge in [0.2, 0.25) is 11.8 Å². The SMILES string of the molecule is COCC1=C2[C@@H](CC/C(C)=C/c3cc(C)c(O)c(C)c3)OB(O)C[C@@H]2[C@@H]2C(=O)N(c3cccc([N+](=O)[O-])c3)C(=O)[C@@H]2C1. The molecule has 0 unspecified atom stereocenters. The number of phenolic OH excluding ortho intramolecular Hbond substituents is 1. The number of methoxy groups -OCH3 is 1. The third-order valence-corrected chi connectivity index (χ3v) is 8.65. The van der Waals surface area contributed by atoms with E-state index in [4.69, 9.17) is 9.39 Å². The predicted octanol–water partition coefficient (Wildman–Crippen LogP) is 4.75. The van der Waals surface area contributed by atoms with Crippen LogP contribution in [0, 0.1) is 41.7 Å². The maximum absolute atomic E-state index is 13.8. The van der Waals surface area contributed by atoms with Crippen LogP contribution in [0.5, 0.6) is 5.75 Å². The van der Waals surface area contributed by atoms with Gasteiger partial charge in [0.25, 0.3) is 5.69 Å². The summed E-state index contributed by atoms with van der Waals surface area (Å²) in [5, 5.41) is 32.2. The summed E-state index contributed by atoms with van der Waals surface area (Å²) in [6, 6.07) is 9.40. The van der Waals surface area contributed by atoms with Crippen LogP contribution >= 0.6 is 0 Å². The second-order valence-corrected chi connectivity index (χ2v) is 11.6. The Kier molecular flexibility index (Phi) is 8.36. The normalized spacial score (nSPS) is 24.3. The summed E-state index contributed by atoms with van der Waals surface area (Å²) in [6.45, 7) is 6.01. The third-order valence-electron chi connectivity index (χ3n) is 8.65. The van der Waals surface area contributed by atoms with Crippen molar-refractivity contribution in [2.45, 2.75) is 52.5 Å². The molecule has 2 aliphatic heterocycles. The molecule has 0 spiro atoms. The van der Waals surface area contributed by atoms with Crippen LogP contribution in [0.4, 0.5) is 11.4 Å². The molecule has 0 bridgehead atoms. The number of rotatable bonds is 8. The van der Waals surface area contributed by atoms with Crippen LogP contribution < -0.4 is 4.90 Å². The first kappa shape index (κ1) is 29.7. The lowest BCUT2D eigenvalue weighted by Crippen LogP contribution is -2.46. The van der Waals surface area contributed by atoms with Gasteiger partial charge in [0.1, 0.15) is 5.75 Å². The summed E-state index contributed by atoms with van der Waals surface area (Å²) < 4.78 is 11.6. The zero-order chi connectivity index (χ0) is 30.3. The van der Waals surface area contributed by atoms with E-state index in [1.54, 1.807) is 7.11 Å². The van der Waals surface area contributed by atoms with Crippen molar-refractivity contribution < 1.29 is 34.0 Å². The molecule has 2 heterocycles. The highest BCUT2D eigenvalue weighted by atomic mass is 16.6. The van der Waals surface area contributed by atoms with Gasteiger partial charge >= 0.3 is 7.12 Å². The highest BCUT2D eigenvalue weighted by molar-refractivity contribution is 6.43. The Bertz CT molecular complexity index is 1480. The molecule has 10 nitrogen and oxygen atoms in total. The molecule has 4 atom stereocenters. The van der Waals surface area contributed by atoms with Gasteiger partial charge in [0.05, 0.1) is 35.2 Å². The van der Waals surface area contributed by atoms with Crippen molar-refractivity contribution in [2.75, 3.05) is 18.6 Å². The molecule has 0 saturated carbocycles. The minimum absolute atomic E-state index is 0.170. The number of nitro groups is 1. The number of nitrogens with zero attached hydrogens (tertiary/aromatic N) is 2. The van der Waals surface area contributed by atoms with Crippen molar-refractivity contribution in [3.8, 4) is 5.75 Å². The number of hydrogen-bond acceptors (Lipinski definition) is 8. The van der Waals surface area contributed by atoms with Gasteiger partial charge in [0, 0.05) is 19.2 Å². The minimum atomic E-state index is -1.10. The van der Waals surface area contributed by atoms with Crippen LogP contribution in [0.3, 0.4) is 0 Å². The number of ether oxygens (including phenoxy) is 1. The molecule has 2 aromatic rings. The van der Waals surface area contributed by atoms with Crippen molar-refractivity contribution in [2.24, 2.45) is 17.8 Å². The molecule has 0 aromatic heterocycles. The van der Waals surface area contributed by atoms with E-state index in [9.17, 15) is 29.8 Å². The lowest BCUT2D eigenvalue weighted by atomic mass is 9.58. The second kappa shape index (κ2) is 11.8. The van der Waals surface area contributed by atoms with Gasteiger partial charge in [-0.2, -0.15) is 0 Å². The third kappa shape index (κ3) is 5.51. The minimum Gasteiger partial charge on any atom is -0.507 e.